The van der Waals surface area contributed by atoms with E-state index in [0.717, 1.165) is 11.1 Å². The van der Waals surface area contributed by atoms with Crippen LogP contribution in [0.1, 0.15) is 13.8 Å². The summed E-state index contributed by atoms with van der Waals surface area (Å²) >= 11 is 0. The molecule has 0 radical (unpaired) electrons. The van der Waals surface area contributed by atoms with Crippen LogP contribution in [0.5, 0.6) is 5.75 Å². The number of hydrogen-bond acceptors (Lipinski definition) is 2. The summed E-state index contributed by atoms with van der Waals surface area (Å²) in [5, 5.41) is 2.36. The molecule has 0 unspecified atom stereocenters. The number of fused-ring (bicyclic) bond motifs is 1. The summed E-state index contributed by atoms with van der Waals surface area (Å²) in [5.41, 5.74) is 0. The molecule has 0 spiro atoms. The van der Waals surface area contributed by atoms with Crippen molar-refractivity contribution in [2.75, 3.05) is 13.2 Å². The Morgan fingerprint density at radius 3 is 2.53 bits per heavy atom. The molecule has 0 fully saturated rings. The highest BCUT2D eigenvalue weighted by Crippen LogP contribution is 2.24. The summed E-state index contributed by atoms with van der Waals surface area (Å²) in [5.74, 6) is 0.926. The Morgan fingerprint density at radius 1 is 0.941 bits per heavy atom. The van der Waals surface area contributed by atoms with Gasteiger partial charge in [0.25, 0.3) is 0 Å². The lowest BCUT2D eigenvalue weighted by Crippen LogP contribution is -2.11. The van der Waals surface area contributed by atoms with Crippen LogP contribution >= 0.6 is 0 Å². The van der Waals surface area contributed by atoms with Crippen molar-refractivity contribution in [3.05, 3.63) is 42.5 Å². The summed E-state index contributed by atoms with van der Waals surface area (Å²) in [4.78, 5) is 0. The van der Waals surface area contributed by atoms with Crippen molar-refractivity contribution in [1.29, 1.82) is 0 Å². The zero-order valence-corrected chi connectivity index (χ0v) is 10.3. The van der Waals surface area contributed by atoms with Crippen molar-refractivity contribution in [2.24, 2.45) is 0 Å². The van der Waals surface area contributed by atoms with Gasteiger partial charge in [-0.2, -0.15) is 0 Å². The average molecular weight is 230 g/mol. The van der Waals surface area contributed by atoms with E-state index >= 15 is 0 Å². The first-order valence-corrected chi connectivity index (χ1v) is 5.99. The molecule has 2 rings (SSSR count). The van der Waals surface area contributed by atoms with Gasteiger partial charge in [0, 0.05) is 5.39 Å². The number of benzene rings is 2. The third-order valence-electron chi connectivity index (χ3n) is 2.54. The molecule has 0 amide bonds. The van der Waals surface area contributed by atoms with Crippen LogP contribution in [0.2, 0.25) is 0 Å². The van der Waals surface area contributed by atoms with E-state index in [1.165, 1.54) is 5.39 Å². The first-order chi connectivity index (χ1) is 8.27. The van der Waals surface area contributed by atoms with Gasteiger partial charge in [-0.3, -0.25) is 0 Å². The Hall–Kier alpha value is -1.54. The van der Waals surface area contributed by atoms with Crippen molar-refractivity contribution in [3.63, 3.8) is 0 Å². The summed E-state index contributed by atoms with van der Waals surface area (Å²) in [7, 11) is 0. The molecule has 17 heavy (non-hydrogen) atoms. The molecular weight excluding hydrogens is 212 g/mol. The number of rotatable bonds is 5. The van der Waals surface area contributed by atoms with Gasteiger partial charge in [-0.15, -0.1) is 0 Å². The summed E-state index contributed by atoms with van der Waals surface area (Å²) in [6.45, 7) is 5.27. The molecule has 0 saturated carbocycles. The maximum Gasteiger partial charge on any atom is 0.127 e. The molecule has 90 valence electrons. The molecule has 0 bridgehead atoms. The molecule has 2 nitrogen and oxygen atoms in total. The van der Waals surface area contributed by atoms with Crippen molar-refractivity contribution in [3.8, 4) is 5.75 Å². The maximum absolute atomic E-state index is 5.74. The fourth-order valence-electron chi connectivity index (χ4n) is 1.76. The van der Waals surface area contributed by atoms with Gasteiger partial charge in [-0.05, 0) is 25.3 Å². The molecule has 2 heteroatoms. The fourth-order valence-corrected chi connectivity index (χ4v) is 1.76. The van der Waals surface area contributed by atoms with E-state index in [0.29, 0.717) is 13.2 Å². The predicted molar refractivity (Wildman–Crippen MR) is 70.5 cm³/mol. The lowest BCUT2D eigenvalue weighted by molar-refractivity contribution is 0.0556. The van der Waals surface area contributed by atoms with Gasteiger partial charge in [-0.25, -0.2) is 0 Å². The Balaban J connectivity index is 2.03. The standard InChI is InChI=1S/C15H18O2/c1-12(2)16-10-11-17-15-9-5-7-13-6-3-4-8-14(13)15/h3-9,12H,10-11H2,1-2H3. The van der Waals surface area contributed by atoms with Gasteiger partial charge in [0.2, 0.25) is 0 Å². The van der Waals surface area contributed by atoms with E-state index in [1.54, 1.807) is 0 Å². The molecule has 2 aromatic carbocycles. The van der Waals surface area contributed by atoms with Crippen LogP contribution in [-0.2, 0) is 4.74 Å². The van der Waals surface area contributed by atoms with Crippen LogP contribution in [0.25, 0.3) is 10.8 Å². The van der Waals surface area contributed by atoms with Crippen LogP contribution in [0.3, 0.4) is 0 Å². The minimum Gasteiger partial charge on any atom is -0.491 e. The second-order valence-corrected chi connectivity index (χ2v) is 4.25. The first-order valence-electron chi connectivity index (χ1n) is 5.99. The van der Waals surface area contributed by atoms with Crippen molar-refractivity contribution in [2.45, 2.75) is 20.0 Å². The van der Waals surface area contributed by atoms with Gasteiger partial charge in [0.15, 0.2) is 0 Å². The molecule has 0 aromatic heterocycles. The molecular formula is C15H18O2. The summed E-state index contributed by atoms with van der Waals surface area (Å²) in [6, 6.07) is 14.3. The zero-order chi connectivity index (χ0) is 12.1. The minimum absolute atomic E-state index is 0.256. The molecule has 0 N–H and O–H groups in total. The van der Waals surface area contributed by atoms with Crippen LogP contribution in [0, 0.1) is 0 Å². The molecule has 0 aliphatic heterocycles. The van der Waals surface area contributed by atoms with Crippen molar-refractivity contribution < 1.29 is 9.47 Å². The molecule has 0 aliphatic rings. The van der Waals surface area contributed by atoms with Gasteiger partial charge in [0.05, 0.1) is 12.7 Å². The zero-order valence-electron chi connectivity index (χ0n) is 10.3. The summed E-state index contributed by atoms with van der Waals surface area (Å²) < 4.78 is 11.2. The second kappa shape index (κ2) is 5.69. The maximum atomic E-state index is 5.74. The van der Waals surface area contributed by atoms with Crippen molar-refractivity contribution >= 4 is 10.8 Å². The van der Waals surface area contributed by atoms with Gasteiger partial charge in [-0.1, -0.05) is 36.4 Å². The SMILES string of the molecule is CC(C)OCCOc1cccc2ccccc12. The van der Waals surface area contributed by atoms with E-state index in [9.17, 15) is 0 Å². The lowest BCUT2D eigenvalue weighted by atomic mass is 10.1. The van der Waals surface area contributed by atoms with Crippen LogP contribution < -0.4 is 4.74 Å². The Morgan fingerprint density at radius 2 is 1.71 bits per heavy atom. The highest BCUT2D eigenvalue weighted by molar-refractivity contribution is 5.88. The van der Waals surface area contributed by atoms with Crippen LogP contribution in [0.15, 0.2) is 42.5 Å². The minimum atomic E-state index is 0.256. The number of hydrogen-bond donors (Lipinski definition) is 0. The smallest absolute Gasteiger partial charge is 0.127 e. The predicted octanol–water partition coefficient (Wildman–Crippen LogP) is 3.64. The lowest BCUT2D eigenvalue weighted by Gasteiger charge is -2.11. The molecule has 0 heterocycles. The van der Waals surface area contributed by atoms with Crippen molar-refractivity contribution in [1.82, 2.24) is 0 Å². The third-order valence-corrected chi connectivity index (χ3v) is 2.54. The molecule has 2 aromatic rings. The van der Waals surface area contributed by atoms with Gasteiger partial charge in [0.1, 0.15) is 12.4 Å². The first kappa shape index (κ1) is 11.9. The van der Waals surface area contributed by atoms with Gasteiger partial charge < -0.3 is 9.47 Å². The van der Waals surface area contributed by atoms with E-state index in [1.807, 2.05) is 38.1 Å². The Bertz CT molecular complexity index is 472. The highest BCUT2D eigenvalue weighted by Gasteiger charge is 2.01. The molecule has 0 aliphatic carbocycles. The molecule has 0 saturated heterocycles. The average Bonchev–Trinajstić information content (AvgIpc) is 2.34. The monoisotopic (exact) mass is 230 g/mol. The summed E-state index contributed by atoms with van der Waals surface area (Å²) in [6.07, 6.45) is 0.256. The normalized spacial score (nSPS) is 11.0. The van der Waals surface area contributed by atoms with Crippen LogP contribution in [0.4, 0.5) is 0 Å². The Labute approximate surface area is 102 Å². The van der Waals surface area contributed by atoms with E-state index < -0.39 is 0 Å². The van der Waals surface area contributed by atoms with E-state index in [-0.39, 0.29) is 6.10 Å². The Kier molecular flexibility index (Phi) is 3.99. The quantitative estimate of drug-likeness (QED) is 0.730. The number of ether oxygens (including phenoxy) is 2. The van der Waals surface area contributed by atoms with E-state index in [2.05, 4.69) is 18.2 Å². The largest absolute Gasteiger partial charge is 0.491 e. The van der Waals surface area contributed by atoms with Gasteiger partial charge >= 0.3 is 0 Å². The topological polar surface area (TPSA) is 18.5 Å². The van der Waals surface area contributed by atoms with E-state index in [4.69, 9.17) is 9.47 Å². The molecule has 0 atom stereocenters. The van der Waals surface area contributed by atoms with Crippen LogP contribution in [-0.4, -0.2) is 19.3 Å². The second-order valence-electron chi connectivity index (χ2n) is 4.25. The fraction of sp³-hybridized carbons (Fsp3) is 0.333. The third kappa shape index (κ3) is 3.21. The highest BCUT2D eigenvalue weighted by atomic mass is 16.5.